The van der Waals surface area contributed by atoms with Crippen LogP contribution in [0.1, 0.15) is 6.92 Å². The Labute approximate surface area is 111 Å². The lowest BCUT2D eigenvalue weighted by Gasteiger charge is -2.10. The molecule has 0 N–H and O–H groups in total. The van der Waals surface area contributed by atoms with Crippen molar-refractivity contribution in [1.29, 1.82) is 0 Å². The molecular weight excluding hydrogens is 243 g/mol. The fraction of sp³-hybridized carbons (Fsp3) is 0.0625. The number of para-hydroxylation sites is 1. The van der Waals surface area contributed by atoms with Crippen molar-refractivity contribution < 1.29 is 13.9 Å². The summed E-state index contributed by atoms with van der Waals surface area (Å²) in [5.41, 5.74) is 1.84. The average molecular weight is 256 g/mol. The quantitative estimate of drug-likeness (QED) is 0.472. The van der Waals surface area contributed by atoms with Crippen molar-refractivity contribution >= 4 is 5.97 Å². The van der Waals surface area contributed by atoms with Gasteiger partial charge in [0.2, 0.25) is 0 Å². The molecule has 0 spiro atoms. The number of ether oxygens (including phenoxy) is 1. The minimum Gasteiger partial charge on any atom is -0.423 e. The summed E-state index contributed by atoms with van der Waals surface area (Å²) in [7, 11) is 0. The third-order valence-corrected chi connectivity index (χ3v) is 2.59. The zero-order valence-electron chi connectivity index (χ0n) is 10.5. The van der Waals surface area contributed by atoms with E-state index in [1.165, 1.54) is 12.1 Å². The first-order valence-electron chi connectivity index (χ1n) is 5.80. The SMILES string of the molecule is C=C(C)C(=O)Oc1ccccc1-c1ccc(F)cc1. The van der Waals surface area contributed by atoms with E-state index in [0.29, 0.717) is 11.3 Å². The number of carbonyl (C=O) groups excluding carboxylic acids is 1. The Morgan fingerprint density at radius 2 is 1.74 bits per heavy atom. The summed E-state index contributed by atoms with van der Waals surface area (Å²) in [5.74, 6) is -0.350. The fourth-order valence-corrected chi connectivity index (χ4v) is 1.61. The van der Waals surface area contributed by atoms with E-state index in [2.05, 4.69) is 6.58 Å². The summed E-state index contributed by atoms with van der Waals surface area (Å²) in [4.78, 5) is 11.6. The van der Waals surface area contributed by atoms with E-state index >= 15 is 0 Å². The zero-order chi connectivity index (χ0) is 13.8. The molecule has 2 aromatic rings. The van der Waals surface area contributed by atoms with Crippen molar-refractivity contribution in [2.45, 2.75) is 6.92 Å². The van der Waals surface area contributed by atoms with Crippen LogP contribution in [0.4, 0.5) is 4.39 Å². The van der Waals surface area contributed by atoms with Crippen LogP contribution in [0.2, 0.25) is 0 Å². The molecule has 0 atom stereocenters. The molecule has 0 saturated carbocycles. The van der Waals surface area contributed by atoms with Gasteiger partial charge in [-0.25, -0.2) is 9.18 Å². The largest absolute Gasteiger partial charge is 0.423 e. The number of esters is 1. The van der Waals surface area contributed by atoms with Gasteiger partial charge in [-0.15, -0.1) is 0 Å². The second-order valence-electron chi connectivity index (χ2n) is 4.17. The second-order valence-corrected chi connectivity index (χ2v) is 4.17. The summed E-state index contributed by atoms with van der Waals surface area (Å²) < 4.78 is 18.2. The molecule has 19 heavy (non-hydrogen) atoms. The van der Waals surface area contributed by atoms with Gasteiger partial charge in [-0.05, 0) is 30.7 Å². The van der Waals surface area contributed by atoms with Gasteiger partial charge in [0.1, 0.15) is 11.6 Å². The molecule has 0 saturated heterocycles. The Balaban J connectivity index is 2.38. The Morgan fingerprint density at radius 3 is 2.37 bits per heavy atom. The molecule has 0 heterocycles. The van der Waals surface area contributed by atoms with Gasteiger partial charge in [0.15, 0.2) is 0 Å². The molecule has 0 fully saturated rings. The van der Waals surface area contributed by atoms with E-state index in [0.717, 1.165) is 11.1 Å². The predicted octanol–water partition coefficient (Wildman–Crippen LogP) is 3.97. The van der Waals surface area contributed by atoms with Crippen LogP contribution >= 0.6 is 0 Å². The van der Waals surface area contributed by atoms with Crippen LogP contribution in [0.5, 0.6) is 5.75 Å². The van der Waals surface area contributed by atoms with Crippen LogP contribution in [0.3, 0.4) is 0 Å². The molecule has 0 unspecified atom stereocenters. The summed E-state index contributed by atoms with van der Waals surface area (Å²) in [6, 6.07) is 13.1. The van der Waals surface area contributed by atoms with E-state index in [-0.39, 0.29) is 5.82 Å². The minimum atomic E-state index is -0.477. The van der Waals surface area contributed by atoms with Crippen molar-refractivity contribution in [3.05, 3.63) is 66.5 Å². The van der Waals surface area contributed by atoms with E-state index in [1.807, 2.05) is 12.1 Å². The van der Waals surface area contributed by atoms with E-state index in [9.17, 15) is 9.18 Å². The van der Waals surface area contributed by atoms with E-state index < -0.39 is 5.97 Å². The smallest absolute Gasteiger partial charge is 0.338 e. The van der Waals surface area contributed by atoms with Crippen LogP contribution in [0.15, 0.2) is 60.7 Å². The number of halogens is 1. The molecule has 2 rings (SSSR count). The Kier molecular flexibility index (Phi) is 3.76. The maximum Gasteiger partial charge on any atom is 0.338 e. The number of hydrogen-bond acceptors (Lipinski definition) is 2. The Hall–Kier alpha value is -2.42. The van der Waals surface area contributed by atoms with E-state index in [4.69, 9.17) is 4.74 Å². The first-order valence-corrected chi connectivity index (χ1v) is 5.80. The third kappa shape index (κ3) is 3.07. The molecule has 2 nitrogen and oxygen atoms in total. The fourth-order valence-electron chi connectivity index (χ4n) is 1.61. The van der Waals surface area contributed by atoms with Crippen LogP contribution in [-0.4, -0.2) is 5.97 Å². The van der Waals surface area contributed by atoms with Gasteiger partial charge in [-0.1, -0.05) is 36.9 Å². The average Bonchev–Trinajstić information content (AvgIpc) is 2.40. The van der Waals surface area contributed by atoms with Crippen molar-refractivity contribution in [2.75, 3.05) is 0 Å². The summed E-state index contributed by atoms with van der Waals surface area (Å²) in [6.45, 7) is 5.13. The first-order chi connectivity index (χ1) is 9.08. The third-order valence-electron chi connectivity index (χ3n) is 2.59. The highest BCUT2D eigenvalue weighted by molar-refractivity contribution is 5.90. The zero-order valence-corrected chi connectivity index (χ0v) is 10.5. The number of hydrogen-bond donors (Lipinski definition) is 0. The lowest BCUT2D eigenvalue weighted by atomic mass is 10.0. The molecule has 0 amide bonds. The molecule has 3 heteroatoms. The number of benzene rings is 2. The highest BCUT2D eigenvalue weighted by Crippen LogP contribution is 2.30. The predicted molar refractivity (Wildman–Crippen MR) is 72.3 cm³/mol. The van der Waals surface area contributed by atoms with Gasteiger partial charge in [-0.3, -0.25) is 0 Å². The van der Waals surface area contributed by atoms with Gasteiger partial charge >= 0.3 is 5.97 Å². The van der Waals surface area contributed by atoms with Crippen LogP contribution in [0.25, 0.3) is 11.1 Å². The maximum absolute atomic E-state index is 12.9. The van der Waals surface area contributed by atoms with Crippen LogP contribution in [0, 0.1) is 5.82 Å². The summed E-state index contributed by atoms with van der Waals surface area (Å²) in [6.07, 6.45) is 0. The molecule has 2 aromatic carbocycles. The molecule has 0 aliphatic heterocycles. The molecule has 0 radical (unpaired) electrons. The first kappa shape index (κ1) is 13.0. The van der Waals surface area contributed by atoms with E-state index in [1.54, 1.807) is 31.2 Å². The lowest BCUT2D eigenvalue weighted by molar-refractivity contribution is -0.130. The van der Waals surface area contributed by atoms with Gasteiger partial charge in [0, 0.05) is 11.1 Å². The van der Waals surface area contributed by atoms with Gasteiger partial charge in [-0.2, -0.15) is 0 Å². The van der Waals surface area contributed by atoms with Crippen molar-refractivity contribution in [3.63, 3.8) is 0 Å². The highest BCUT2D eigenvalue weighted by Gasteiger charge is 2.10. The molecule has 0 aliphatic rings. The Morgan fingerprint density at radius 1 is 1.11 bits per heavy atom. The number of carbonyl (C=O) groups is 1. The normalized spacial score (nSPS) is 10.0. The molecular formula is C16H13FO2. The van der Waals surface area contributed by atoms with Crippen LogP contribution < -0.4 is 4.74 Å². The minimum absolute atomic E-state index is 0.305. The highest BCUT2D eigenvalue weighted by atomic mass is 19.1. The van der Waals surface area contributed by atoms with Crippen LogP contribution in [-0.2, 0) is 4.79 Å². The van der Waals surface area contributed by atoms with Gasteiger partial charge in [0.05, 0.1) is 0 Å². The Bertz CT molecular complexity index is 615. The van der Waals surface area contributed by atoms with Crippen molar-refractivity contribution in [1.82, 2.24) is 0 Å². The lowest BCUT2D eigenvalue weighted by Crippen LogP contribution is -2.08. The maximum atomic E-state index is 12.9. The number of rotatable bonds is 3. The standard InChI is InChI=1S/C16H13FO2/c1-11(2)16(18)19-15-6-4-3-5-14(15)12-7-9-13(17)10-8-12/h3-10H,1H2,2H3. The van der Waals surface area contributed by atoms with Crippen molar-refractivity contribution in [3.8, 4) is 16.9 Å². The molecule has 96 valence electrons. The van der Waals surface area contributed by atoms with Gasteiger partial charge < -0.3 is 4.74 Å². The molecule has 0 aliphatic carbocycles. The second kappa shape index (κ2) is 5.48. The molecule has 0 aromatic heterocycles. The monoisotopic (exact) mass is 256 g/mol. The van der Waals surface area contributed by atoms with Crippen molar-refractivity contribution in [2.24, 2.45) is 0 Å². The molecule has 0 bridgehead atoms. The summed E-state index contributed by atoms with van der Waals surface area (Å²) >= 11 is 0. The summed E-state index contributed by atoms with van der Waals surface area (Å²) in [5, 5.41) is 0. The van der Waals surface area contributed by atoms with Gasteiger partial charge in [0.25, 0.3) is 0 Å². The topological polar surface area (TPSA) is 26.3 Å².